The van der Waals surface area contributed by atoms with Gasteiger partial charge in [-0.15, -0.1) is 0 Å². The van der Waals surface area contributed by atoms with Crippen LogP contribution in [0.1, 0.15) is 15.9 Å². The van der Waals surface area contributed by atoms with Gasteiger partial charge in [0.25, 0.3) is 5.91 Å². The minimum Gasteiger partial charge on any atom is -0.267 e. The first-order valence-electron chi connectivity index (χ1n) is 6.57. The first kappa shape index (κ1) is 13.0. The summed E-state index contributed by atoms with van der Waals surface area (Å²) < 4.78 is 0. The second-order valence-corrected chi connectivity index (χ2v) is 4.48. The first-order chi connectivity index (χ1) is 10.3. The number of nitrogens with one attached hydrogen (secondary N) is 1. The molecule has 1 amide bonds. The standard InChI is InChI=1S/C17H13N3O/c21-17(13-6-2-1-3-7-13)20-19-12-14-10-11-18-16-9-5-4-8-15(14)16/h1-12H,(H,20,21)/b19-12+. The van der Waals surface area contributed by atoms with Gasteiger partial charge in [-0.25, -0.2) is 5.43 Å². The zero-order valence-corrected chi connectivity index (χ0v) is 11.2. The Morgan fingerprint density at radius 3 is 2.62 bits per heavy atom. The minimum atomic E-state index is -0.231. The van der Waals surface area contributed by atoms with Crippen LogP contribution in [0.5, 0.6) is 0 Å². The van der Waals surface area contributed by atoms with Crippen molar-refractivity contribution in [2.75, 3.05) is 0 Å². The normalized spacial score (nSPS) is 10.9. The van der Waals surface area contributed by atoms with Crippen molar-refractivity contribution in [3.8, 4) is 0 Å². The van der Waals surface area contributed by atoms with Crippen LogP contribution < -0.4 is 5.43 Å². The molecule has 21 heavy (non-hydrogen) atoms. The molecule has 0 unspecified atom stereocenters. The van der Waals surface area contributed by atoms with E-state index in [1.54, 1.807) is 24.5 Å². The largest absolute Gasteiger partial charge is 0.271 e. The van der Waals surface area contributed by atoms with Gasteiger partial charge in [0.1, 0.15) is 0 Å². The number of benzene rings is 2. The number of pyridine rings is 1. The van der Waals surface area contributed by atoms with E-state index in [1.165, 1.54) is 0 Å². The van der Waals surface area contributed by atoms with E-state index in [9.17, 15) is 4.79 Å². The molecule has 0 radical (unpaired) electrons. The van der Waals surface area contributed by atoms with Crippen molar-refractivity contribution in [2.45, 2.75) is 0 Å². The fourth-order valence-corrected chi connectivity index (χ4v) is 2.05. The number of amides is 1. The van der Waals surface area contributed by atoms with Gasteiger partial charge in [0.05, 0.1) is 11.7 Å². The van der Waals surface area contributed by atoms with Gasteiger partial charge in [-0.3, -0.25) is 9.78 Å². The number of aromatic nitrogens is 1. The van der Waals surface area contributed by atoms with E-state index in [1.807, 2.05) is 48.5 Å². The summed E-state index contributed by atoms with van der Waals surface area (Å²) in [6.07, 6.45) is 3.35. The highest BCUT2D eigenvalue weighted by Gasteiger charge is 2.02. The summed E-state index contributed by atoms with van der Waals surface area (Å²) in [7, 11) is 0. The second-order valence-electron chi connectivity index (χ2n) is 4.48. The number of para-hydroxylation sites is 1. The van der Waals surface area contributed by atoms with Gasteiger partial charge in [0.2, 0.25) is 0 Å². The van der Waals surface area contributed by atoms with Crippen molar-refractivity contribution in [1.82, 2.24) is 10.4 Å². The van der Waals surface area contributed by atoms with Gasteiger partial charge in [-0.05, 0) is 24.3 Å². The zero-order chi connectivity index (χ0) is 14.5. The molecule has 0 spiro atoms. The molecule has 2 aromatic carbocycles. The van der Waals surface area contributed by atoms with Crippen molar-refractivity contribution >= 4 is 23.0 Å². The van der Waals surface area contributed by atoms with Crippen molar-refractivity contribution in [1.29, 1.82) is 0 Å². The maximum atomic E-state index is 11.9. The van der Waals surface area contributed by atoms with Crippen LogP contribution in [0.25, 0.3) is 10.9 Å². The number of carbonyl (C=O) groups is 1. The predicted octanol–water partition coefficient (Wildman–Crippen LogP) is 3.00. The molecule has 0 saturated carbocycles. The number of fused-ring (bicyclic) bond motifs is 1. The smallest absolute Gasteiger partial charge is 0.267 e. The Bertz CT molecular complexity index is 792. The average Bonchev–Trinajstić information content (AvgIpc) is 2.56. The molecule has 0 aliphatic rings. The Kier molecular flexibility index (Phi) is 3.69. The highest BCUT2D eigenvalue weighted by atomic mass is 16.2. The molecule has 0 aliphatic carbocycles. The summed E-state index contributed by atoms with van der Waals surface area (Å²) in [5.74, 6) is -0.231. The number of carbonyl (C=O) groups excluding carboxylic acids is 1. The minimum absolute atomic E-state index is 0.231. The Labute approximate surface area is 122 Å². The van der Waals surface area contributed by atoms with E-state index in [0.717, 1.165) is 16.5 Å². The van der Waals surface area contributed by atoms with Crippen molar-refractivity contribution < 1.29 is 4.79 Å². The topological polar surface area (TPSA) is 54.4 Å². The lowest BCUT2D eigenvalue weighted by Crippen LogP contribution is -2.17. The Morgan fingerprint density at radius 2 is 1.76 bits per heavy atom. The van der Waals surface area contributed by atoms with E-state index in [0.29, 0.717) is 5.56 Å². The van der Waals surface area contributed by atoms with Gasteiger partial charge < -0.3 is 0 Å². The molecular weight excluding hydrogens is 262 g/mol. The molecule has 0 fully saturated rings. The SMILES string of the molecule is O=C(N/N=C/c1ccnc2ccccc12)c1ccccc1. The lowest BCUT2D eigenvalue weighted by Gasteiger charge is -2.01. The molecule has 1 aromatic heterocycles. The molecule has 1 N–H and O–H groups in total. The van der Waals surface area contributed by atoms with Crippen LogP contribution in [-0.2, 0) is 0 Å². The van der Waals surface area contributed by atoms with Crippen molar-refractivity contribution in [3.05, 3.63) is 78.0 Å². The highest BCUT2D eigenvalue weighted by molar-refractivity contribution is 5.99. The lowest BCUT2D eigenvalue weighted by atomic mass is 10.1. The Balaban J connectivity index is 1.78. The quantitative estimate of drug-likeness (QED) is 0.590. The molecule has 1 heterocycles. The Hall–Kier alpha value is -3.01. The predicted molar refractivity (Wildman–Crippen MR) is 83.2 cm³/mol. The summed E-state index contributed by atoms with van der Waals surface area (Å²) >= 11 is 0. The monoisotopic (exact) mass is 275 g/mol. The summed E-state index contributed by atoms with van der Waals surface area (Å²) in [5, 5.41) is 5.01. The molecular formula is C17H13N3O. The third-order valence-electron chi connectivity index (χ3n) is 3.09. The van der Waals surface area contributed by atoms with Gasteiger partial charge in [-0.2, -0.15) is 5.10 Å². The summed E-state index contributed by atoms with van der Waals surface area (Å²) in [6, 6.07) is 18.6. The summed E-state index contributed by atoms with van der Waals surface area (Å²) in [4.78, 5) is 16.1. The van der Waals surface area contributed by atoms with E-state index in [4.69, 9.17) is 0 Å². The molecule has 4 heteroatoms. The average molecular weight is 275 g/mol. The fourth-order valence-electron chi connectivity index (χ4n) is 2.05. The van der Waals surface area contributed by atoms with Gasteiger partial charge in [0, 0.05) is 22.7 Å². The molecule has 3 rings (SSSR count). The van der Waals surface area contributed by atoms with Crippen molar-refractivity contribution in [3.63, 3.8) is 0 Å². The van der Waals surface area contributed by atoms with E-state index in [2.05, 4.69) is 15.5 Å². The lowest BCUT2D eigenvalue weighted by molar-refractivity contribution is 0.0955. The maximum Gasteiger partial charge on any atom is 0.271 e. The molecule has 102 valence electrons. The van der Waals surface area contributed by atoms with E-state index in [-0.39, 0.29) is 5.91 Å². The Morgan fingerprint density at radius 1 is 1.00 bits per heavy atom. The number of nitrogens with zero attached hydrogens (tertiary/aromatic N) is 2. The fraction of sp³-hybridized carbons (Fsp3) is 0. The van der Waals surface area contributed by atoms with E-state index < -0.39 is 0 Å². The van der Waals surface area contributed by atoms with Gasteiger partial charge in [-0.1, -0.05) is 36.4 Å². The van der Waals surface area contributed by atoms with Crippen LogP contribution >= 0.6 is 0 Å². The van der Waals surface area contributed by atoms with Crippen LogP contribution in [0, 0.1) is 0 Å². The molecule has 0 atom stereocenters. The highest BCUT2D eigenvalue weighted by Crippen LogP contribution is 2.14. The van der Waals surface area contributed by atoms with Crippen LogP contribution in [0.2, 0.25) is 0 Å². The third kappa shape index (κ3) is 2.95. The van der Waals surface area contributed by atoms with Crippen LogP contribution in [0.3, 0.4) is 0 Å². The summed E-state index contributed by atoms with van der Waals surface area (Å²) in [6.45, 7) is 0. The molecule has 0 saturated heterocycles. The van der Waals surface area contributed by atoms with Crippen LogP contribution in [0.15, 0.2) is 72.0 Å². The number of hydrazone groups is 1. The van der Waals surface area contributed by atoms with Gasteiger partial charge >= 0.3 is 0 Å². The van der Waals surface area contributed by atoms with Gasteiger partial charge in [0.15, 0.2) is 0 Å². The summed E-state index contributed by atoms with van der Waals surface area (Å²) in [5.41, 5.74) is 4.91. The third-order valence-corrected chi connectivity index (χ3v) is 3.09. The number of hydrogen-bond donors (Lipinski definition) is 1. The maximum absolute atomic E-state index is 11.9. The second kappa shape index (κ2) is 5.96. The van der Waals surface area contributed by atoms with E-state index >= 15 is 0 Å². The molecule has 4 nitrogen and oxygen atoms in total. The van der Waals surface area contributed by atoms with Crippen LogP contribution in [-0.4, -0.2) is 17.1 Å². The zero-order valence-electron chi connectivity index (χ0n) is 11.2. The molecule has 0 bridgehead atoms. The number of hydrogen-bond acceptors (Lipinski definition) is 3. The number of rotatable bonds is 3. The first-order valence-corrected chi connectivity index (χ1v) is 6.57. The molecule has 0 aliphatic heterocycles. The van der Waals surface area contributed by atoms with Crippen molar-refractivity contribution in [2.24, 2.45) is 5.10 Å². The molecule has 3 aromatic rings. The van der Waals surface area contributed by atoms with Crippen LogP contribution in [0.4, 0.5) is 0 Å².